The molecule has 0 radical (unpaired) electrons. The van der Waals surface area contributed by atoms with Crippen LogP contribution in [0, 0.1) is 23.1 Å². The number of halogens is 1. The fourth-order valence-electron chi connectivity index (χ4n) is 4.55. The monoisotopic (exact) mass is 444 g/mol. The fourth-order valence-corrected chi connectivity index (χ4v) is 4.55. The lowest BCUT2D eigenvalue weighted by atomic mass is 9.86. The molecule has 1 saturated carbocycles. The van der Waals surface area contributed by atoms with Crippen LogP contribution in [0.4, 0.5) is 10.2 Å². The lowest BCUT2D eigenvalue weighted by Gasteiger charge is -2.26. The summed E-state index contributed by atoms with van der Waals surface area (Å²) in [5.41, 5.74) is 9.96. The molecule has 2 aromatic heterocycles. The van der Waals surface area contributed by atoms with Gasteiger partial charge in [-0.2, -0.15) is 5.26 Å². The van der Waals surface area contributed by atoms with Crippen LogP contribution in [0.5, 0.6) is 0 Å². The Kier molecular flexibility index (Phi) is 5.52. The third-order valence-corrected chi connectivity index (χ3v) is 6.33. The molecule has 3 N–H and O–H groups in total. The summed E-state index contributed by atoms with van der Waals surface area (Å²) in [5.74, 6) is 0.656. The average molecular weight is 445 g/mol. The molecule has 1 aliphatic carbocycles. The molecule has 8 nitrogen and oxygen atoms in total. The van der Waals surface area contributed by atoms with E-state index in [2.05, 4.69) is 15.6 Å². The number of aromatic nitrogens is 5. The summed E-state index contributed by atoms with van der Waals surface area (Å²) in [7, 11) is 1.83. The lowest BCUT2D eigenvalue weighted by Crippen LogP contribution is -2.31. The Morgan fingerprint density at radius 1 is 1.21 bits per heavy atom. The first kappa shape index (κ1) is 21.1. The second kappa shape index (κ2) is 8.64. The van der Waals surface area contributed by atoms with Crippen molar-refractivity contribution in [2.45, 2.75) is 31.7 Å². The number of anilines is 1. The molecule has 9 heteroatoms. The highest BCUT2D eigenvalue weighted by Crippen LogP contribution is 2.29. The maximum Gasteiger partial charge on any atom is 0.149 e. The molecule has 4 aromatic rings. The highest BCUT2D eigenvalue weighted by molar-refractivity contribution is 5.78. The van der Waals surface area contributed by atoms with Gasteiger partial charge in [-0.1, -0.05) is 17.7 Å². The summed E-state index contributed by atoms with van der Waals surface area (Å²) in [6.07, 6.45) is 4.40. The smallest absolute Gasteiger partial charge is 0.149 e. The van der Waals surface area contributed by atoms with Crippen LogP contribution in [-0.2, 0) is 7.05 Å². The summed E-state index contributed by atoms with van der Waals surface area (Å²) in [6, 6.07) is 14.4. The van der Waals surface area contributed by atoms with E-state index in [1.54, 1.807) is 15.4 Å². The van der Waals surface area contributed by atoms with E-state index in [0.717, 1.165) is 54.6 Å². The summed E-state index contributed by atoms with van der Waals surface area (Å²) >= 11 is 0. The fraction of sp³-hybridized carbons (Fsp3) is 0.333. The van der Waals surface area contributed by atoms with Gasteiger partial charge in [-0.25, -0.2) is 13.8 Å². The zero-order chi connectivity index (χ0) is 22.9. The van der Waals surface area contributed by atoms with Crippen molar-refractivity contribution in [2.75, 3.05) is 11.9 Å². The number of nitrogens with zero attached hydrogens (tertiary/aromatic N) is 6. The summed E-state index contributed by atoms with van der Waals surface area (Å²) in [5, 5.41) is 25.5. The van der Waals surface area contributed by atoms with Crippen molar-refractivity contribution < 1.29 is 4.39 Å². The SMILES string of the molecule is Cn1nnc2ccc(-n3nc(NCC4CCCC(N)C4)cc3-c3ccc(C#N)c(F)c3)cc21. The highest BCUT2D eigenvalue weighted by Gasteiger charge is 2.20. The van der Waals surface area contributed by atoms with Crippen LogP contribution >= 0.6 is 0 Å². The van der Waals surface area contributed by atoms with Gasteiger partial charge in [0.15, 0.2) is 0 Å². The molecular weight excluding hydrogens is 419 g/mol. The molecular formula is C24H25FN8. The molecule has 0 saturated heterocycles. The average Bonchev–Trinajstić information content (AvgIpc) is 3.41. The van der Waals surface area contributed by atoms with Gasteiger partial charge in [0.05, 0.1) is 22.5 Å². The lowest BCUT2D eigenvalue weighted by molar-refractivity contribution is 0.335. The van der Waals surface area contributed by atoms with Crippen molar-refractivity contribution in [3.63, 3.8) is 0 Å². The van der Waals surface area contributed by atoms with Gasteiger partial charge >= 0.3 is 0 Å². The van der Waals surface area contributed by atoms with Gasteiger partial charge in [-0.15, -0.1) is 10.2 Å². The van der Waals surface area contributed by atoms with E-state index < -0.39 is 5.82 Å². The zero-order valence-corrected chi connectivity index (χ0v) is 18.4. The molecule has 0 spiro atoms. The first-order valence-electron chi connectivity index (χ1n) is 11.1. The minimum atomic E-state index is -0.556. The molecule has 2 atom stereocenters. The third-order valence-electron chi connectivity index (χ3n) is 6.33. The van der Waals surface area contributed by atoms with E-state index in [0.29, 0.717) is 17.3 Å². The largest absolute Gasteiger partial charge is 0.368 e. The van der Waals surface area contributed by atoms with Gasteiger partial charge in [0.1, 0.15) is 23.2 Å². The Hall–Kier alpha value is -3.77. The van der Waals surface area contributed by atoms with E-state index >= 15 is 0 Å². The molecule has 1 aliphatic rings. The van der Waals surface area contributed by atoms with Crippen molar-refractivity contribution in [1.29, 1.82) is 5.26 Å². The summed E-state index contributed by atoms with van der Waals surface area (Å²) in [4.78, 5) is 0. The van der Waals surface area contributed by atoms with E-state index in [-0.39, 0.29) is 11.6 Å². The Morgan fingerprint density at radius 3 is 2.88 bits per heavy atom. The van der Waals surface area contributed by atoms with Crippen LogP contribution in [0.3, 0.4) is 0 Å². The molecule has 2 heterocycles. The second-order valence-electron chi connectivity index (χ2n) is 8.69. The zero-order valence-electron chi connectivity index (χ0n) is 18.4. The normalized spacial score (nSPS) is 18.4. The van der Waals surface area contributed by atoms with Crippen LogP contribution in [0.1, 0.15) is 31.2 Å². The van der Waals surface area contributed by atoms with Gasteiger partial charge in [0.25, 0.3) is 0 Å². The Labute approximate surface area is 190 Å². The standard InChI is InChI=1S/C24H25FN8/c1-32-23-11-19(7-8-21(23)29-31-32)33-22(16-5-6-17(13-26)20(25)10-16)12-24(30-33)28-14-15-3-2-4-18(27)9-15/h5-8,10-12,15,18H,2-4,9,14,27H2,1H3,(H,28,30). The summed E-state index contributed by atoms with van der Waals surface area (Å²) in [6.45, 7) is 0.788. The number of hydrogen-bond donors (Lipinski definition) is 2. The minimum absolute atomic E-state index is 0.0131. The van der Waals surface area contributed by atoms with Gasteiger partial charge in [0.2, 0.25) is 0 Å². The number of hydrogen-bond acceptors (Lipinski definition) is 6. The molecule has 2 aromatic carbocycles. The number of fused-ring (bicyclic) bond motifs is 1. The maximum atomic E-state index is 14.4. The number of nitrogens with two attached hydrogens (primary N) is 1. The van der Waals surface area contributed by atoms with Crippen molar-refractivity contribution >= 4 is 16.9 Å². The second-order valence-corrected chi connectivity index (χ2v) is 8.69. The van der Waals surface area contributed by atoms with Crippen LogP contribution in [0.15, 0.2) is 42.5 Å². The Bertz CT molecular complexity index is 1350. The third kappa shape index (κ3) is 4.17. The predicted octanol–water partition coefficient (Wildman–Crippen LogP) is 3.76. The Balaban J connectivity index is 1.53. The van der Waals surface area contributed by atoms with Crippen molar-refractivity contribution in [3.8, 4) is 23.0 Å². The maximum absolute atomic E-state index is 14.4. The topological polar surface area (TPSA) is 110 Å². The molecule has 33 heavy (non-hydrogen) atoms. The van der Waals surface area contributed by atoms with Gasteiger partial charge in [-0.3, -0.25) is 0 Å². The van der Waals surface area contributed by atoms with Crippen LogP contribution in [-0.4, -0.2) is 37.4 Å². The first-order chi connectivity index (χ1) is 16.0. The van der Waals surface area contributed by atoms with Crippen molar-refractivity contribution in [1.82, 2.24) is 24.8 Å². The molecule has 0 amide bonds. The molecule has 0 bridgehead atoms. The first-order valence-corrected chi connectivity index (χ1v) is 11.1. The molecule has 5 rings (SSSR count). The Morgan fingerprint density at radius 2 is 2.09 bits per heavy atom. The van der Waals surface area contributed by atoms with Gasteiger partial charge < -0.3 is 11.1 Å². The number of nitrogens with one attached hydrogen (secondary N) is 1. The molecule has 2 unspecified atom stereocenters. The minimum Gasteiger partial charge on any atom is -0.368 e. The van der Waals surface area contributed by atoms with Crippen molar-refractivity contribution in [3.05, 3.63) is 53.8 Å². The molecule has 1 fully saturated rings. The highest BCUT2D eigenvalue weighted by atomic mass is 19.1. The van der Waals surface area contributed by atoms with E-state index in [1.807, 2.05) is 37.4 Å². The van der Waals surface area contributed by atoms with Crippen LogP contribution < -0.4 is 11.1 Å². The van der Waals surface area contributed by atoms with Crippen LogP contribution in [0.2, 0.25) is 0 Å². The predicted molar refractivity (Wildman–Crippen MR) is 124 cm³/mol. The van der Waals surface area contributed by atoms with E-state index in [1.165, 1.54) is 12.1 Å². The number of benzene rings is 2. The van der Waals surface area contributed by atoms with Gasteiger partial charge in [0, 0.05) is 31.3 Å². The van der Waals surface area contributed by atoms with Crippen molar-refractivity contribution in [2.24, 2.45) is 18.7 Å². The summed E-state index contributed by atoms with van der Waals surface area (Å²) < 4.78 is 17.9. The van der Waals surface area contributed by atoms with E-state index in [9.17, 15) is 4.39 Å². The van der Waals surface area contributed by atoms with Crippen LogP contribution in [0.25, 0.3) is 28.0 Å². The quantitative estimate of drug-likeness (QED) is 0.485. The molecule has 0 aliphatic heterocycles. The molecule has 168 valence electrons. The van der Waals surface area contributed by atoms with Gasteiger partial charge in [-0.05, 0) is 55.5 Å². The number of nitriles is 1. The number of aryl methyl sites for hydroxylation is 1. The number of rotatable bonds is 5. The van der Waals surface area contributed by atoms with E-state index in [4.69, 9.17) is 16.1 Å².